The molecule has 1 atom stereocenters. The van der Waals surface area contributed by atoms with Gasteiger partial charge in [-0.3, -0.25) is 0 Å². The Morgan fingerprint density at radius 2 is 2.03 bits per heavy atom. The first-order valence-corrected chi connectivity index (χ1v) is 10.5. The summed E-state index contributed by atoms with van der Waals surface area (Å²) in [6.07, 6.45) is 5.83. The van der Waals surface area contributed by atoms with Gasteiger partial charge in [-0.2, -0.15) is 8.78 Å². The number of halogens is 2. The number of nitrogens with one attached hydrogen (secondary N) is 1. The molecule has 0 bridgehead atoms. The monoisotopic (exact) mass is 421 g/mol. The molecule has 0 radical (unpaired) electrons. The van der Waals surface area contributed by atoms with Crippen molar-refractivity contribution in [2.24, 2.45) is 0 Å². The molecule has 1 unspecified atom stereocenters. The van der Waals surface area contributed by atoms with Gasteiger partial charge in [0, 0.05) is 24.3 Å². The third kappa shape index (κ3) is 5.56. The molecule has 0 amide bonds. The van der Waals surface area contributed by atoms with E-state index in [1.807, 2.05) is 6.07 Å². The van der Waals surface area contributed by atoms with Gasteiger partial charge in [0.2, 0.25) is 0 Å². The van der Waals surface area contributed by atoms with Crippen molar-refractivity contribution in [2.45, 2.75) is 71.6 Å². The summed E-state index contributed by atoms with van der Waals surface area (Å²) in [5.74, 6) is 0.411. The summed E-state index contributed by atoms with van der Waals surface area (Å²) >= 11 is 0. The lowest BCUT2D eigenvalue weighted by atomic mass is 9.97. The zero-order valence-corrected chi connectivity index (χ0v) is 17.5. The third-order valence-corrected chi connectivity index (χ3v) is 5.25. The molecule has 1 aromatic heterocycles. The number of alkyl halides is 2. The molecule has 164 valence electrons. The molecule has 8 heteroatoms. The van der Waals surface area contributed by atoms with E-state index in [9.17, 15) is 13.9 Å². The lowest BCUT2D eigenvalue weighted by Gasteiger charge is -2.19. The van der Waals surface area contributed by atoms with E-state index in [1.165, 1.54) is 12.1 Å². The van der Waals surface area contributed by atoms with Gasteiger partial charge in [-0.15, -0.1) is 10.2 Å². The van der Waals surface area contributed by atoms with Crippen LogP contribution in [0.2, 0.25) is 0 Å². The van der Waals surface area contributed by atoms with Crippen LogP contribution in [0.15, 0.2) is 18.2 Å². The molecular formula is C22H29F2N3O3. The molecule has 0 spiro atoms. The average molecular weight is 421 g/mol. The predicted molar refractivity (Wildman–Crippen MR) is 111 cm³/mol. The van der Waals surface area contributed by atoms with Crippen LogP contribution in [0.4, 0.5) is 14.6 Å². The maximum Gasteiger partial charge on any atom is 0.387 e. The first-order valence-electron chi connectivity index (χ1n) is 10.5. The summed E-state index contributed by atoms with van der Waals surface area (Å²) in [6.45, 7) is 2.02. The number of aromatic hydroxyl groups is 1. The van der Waals surface area contributed by atoms with Gasteiger partial charge in [0.15, 0.2) is 0 Å². The van der Waals surface area contributed by atoms with Crippen LogP contribution < -0.4 is 10.1 Å². The Morgan fingerprint density at radius 1 is 1.20 bits per heavy atom. The molecule has 1 aliphatic rings. The highest BCUT2D eigenvalue weighted by Gasteiger charge is 2.21. The van der Waals surface area contributed by atoms with Crippen LogP contribution in [0.3, 0.4) is 0 Å². The molecule has 0 saturated heterocycles. The number of fused-ring (bicyclic) bond motifs is 3. The van der Waals surface area contributed by atoms with E-state index in [2.05, 4.69) is 34.1 Å². The number of aryl methyl sites for hydroxylation is 1. The molecule has 0 fully saturated rings. The molecule has 2 heterocycles. The number of rotatable bonds is 8. The molecule has 30 heavy (non-hydrogen) atoms. The van der Waals surface area contributed by atoms with Crippen LogP contribution in [-0.4, -0.2) is 34.6 Å². The van der Waals surface area contributed by atoms with Gasteiger partial charge >= 0.3 is 6.61 Å². The van der Waals surface area contributed by atoms with Crippen LogP contribution >= 0.6 is 0 Å². The minimum Gasteiger partial charge on any atom is -0.507 e. The van der Waals surface area contributed by atoms with Crippen molar-refractivity contribution in [1.82, 2.24) is 10.2 Å². The first-order chi connectivity index (χ1) is 14.5. The molecule has 6 nitrogen and oxygen atoms in total. The molecule has 1 aromatic carbocycles. The number of aromatic nitrogens is 2. The van der Waals surface area contributed by atoms with Crippen LogP contribution in [-0.2, 0) is 17.8 Å². The predicted octanol–water partition coefficient (Wildman–Crippen LogP) is 5.29. The van der Waals surface area contributed by atoms with Gasteiger partial charge < -0.3 is 19.9 Å². The highest BCUT2D eigenvalue weighted by atomic mass is 19.3. The van der Waals surface area contributed by atoms with Gasteiger partial charge in [0.05, 0.1) is 6.61 Å². The quantitative estimate of drug-likeness (QED) is 0.603. The SMILES string of the molecule is CCCCC(CC)Nc1cc2c(nn1)-c1c(O)cc(OC(F)F)cc1COCCC2. The van der Waals surface area contributed by atoms with E-state index in [-0.39, 0.29) is 18.1 Å². The van der Waals surface area contributed by atoms with Crippen LogP contribution in [0.25, 0.3) is 11.3 Å². The maximum atomic E-state index is 12.6. The number of phenols is 1. The minimum absolute atomic E-state index is 0.112. The van der Waals surface area contributed by atoms with Crippen molar-refractivity contribution in [2.75, 3.05) is 11.9 Å². The third-order valence-electron chi connectivity index (χ3n) is 5.25. The fourth-order valence-corrected chi connectivity index (χ4v) is 3.70. The fraction of sp³-hybridized carbons (Fsp3) is 0.545. The Morgan fingerprint density at radius 3 is 2.77 bits per heavy atom. The number of nitrogens with zero attached hydrogens (tertiary/aromatic N) is 2. The summed E-state index contributed by atoms with van der Waals surface area (Å²) in [6, 6.07) is 4.93. The second kappa shape index (κ2) is 10.5. The first kappa shape index (κ1) is 22.2. The normalized spacial score (nSPS) is 14.8. The zero-order chi connectivity index (χ0) is 21.5. The summed E-state index contributed by atoms with van der Waals surface area (Å²) in [5, 5.41) is 22.8. The minimum atomic E-state index is -2.97. The highest BCUT2D eigenvalue weighted by Crippen LogP contribution is 2.39. The Balaban J connectivity index is 1.97. The summed E-state index contributed by atoms with van der Waals surface area (Å²) in [7, 11) is 0. The van der Waals surface area contributed by atoms with Crippen molar-refractivity contribution in [3.05, 3.63) is 29.3 Å². The Labute approximate surface area is 175 Å². The second-order valence-corrected chi connectivity index (χ2v) is 7.51. The summed E-state index contributed by atoms with van der Waals surface area (Å²) in [5.41, 5.74) is 2.47. The number of unbranched alkanes of at least 4 members (excludes halogenated alkanes) is 1. The number of anilines is 1. The van der Waals surface area contributed by atoms with Crippen molar-refractivity contribution in [3.63, 3.8) is 0 Å². The van der Waals surface area contributed by atoms with Crippen molar-refractivity contribution < 1.29 is 23.4 Å². The van der Waals surface area contributed by atoms with E-state index >= 15 is 0 Å². The number of phenolic OH excluding ortho intramolecular Hbond substituents is 1. The highest BCUT2D eigenvalue weighted by molar-refractivity contribution is 5.75. The molecule has 3 rings (SSSR count). The number of ether oxygens (including phenoxy) is 2. The summed E-state index contributed by atoms with van der Waals surface area (Å²) in [4.78, 5) is 0. The van der Waals surface area contributed by atoms with E-state index in [0.717, 1.165) is 37.7 Å². The lowest BCUT2D eigenvalue weighted by Crippen LogP contribution is -2.19. The topological polar surface area (TPSA) is 76.5 Å². The average Bonchev–Trinajstić information content (AvgIpc) is 2.79. The molecule has 2 N–H and O–H groups in total. The van der Waals surface area contributed by atoms with Crippen LogP contribution in [0.5, 0.6) is 11.5 Å². The van der Waals surface area contributed by atoms with Crippen LogP contribution in [0, 0.1) is 0 Å². The Hall–Kier alpha value is -2.48. The number of hydrogen-bond donors (Lipinski definition) is 2. The van der Waals surface area contributed by atoms with Crippen molar-refractivity contribution in [1.29, 1.82) is 0 Å². The lowest BCUT2D eigenvalue weighted by molar-refractivity contribution is -0.0500. The van der Waals surface area contributed by atoms with Gasteiger partial charge in [0.25, 0.3) is 0 Å². The van der Waals surface area contributed by atoms with E-state index in [0.29, 0.717) is 41.7 Å². The number of benzene rings is 1. The fourth-order valence-electron chi connectivity index (χ4n) is 3.70. The van der Waals surface area contributed by atoms with Crippen molar-refractivity contribution >= 4 is 5.82 Å². The number of hydrogen-bond acceptors (Lipinski definition) is 6. The Kier molecular flexibility index (Phi) is 7.79. The van der Waals surface area contributed by atoms with Gasteiger partial charge in [-0.25, -0.2) is 0 Å². The van der Waals surface area contributed by atoms with Gasteiger partial charge in [0.1, 0.15) is 23.0 Å². The molecule has 1 aliphatic heterocycles. The smallest absolute Gasteiger partial charge is 0.387 e. The molecule has 0 saturated carbocycles. The second-order valence-electron chi connectivity index (χ2n) is 7.51. The largest absolute Gasteiger partial charge is 0.507 e. The standard InChI is InChI=1S/C22H29F2N3O3/c1-3-5-8-16(4-2)25-19-11-14-7-6-9-29-13-15-10-17(30-22(23)24)12-18(28)20(15)21(14)27-26-19/h10-12,16,22,28H,3-9,13H2,1-2H3,(H,25,26). The zero-order valence-electron chi connectivity index (χ0n) is 17.5. The Bertz CT molecular complexity index is 849. The van der Waals surface area contributed by atoms with Gasteiger partial charge in [-0.05, 0) is 48.9 Å². The van der Waals surface area contributed by atoms with Crippen molar-refractivity contribution in [3.8, 4) is 22.8 Å². The van der Waals surface area contributed by atoms with E-state index in [1.54, 1.807) is 0 Å². The molecular weight excluding hydrogens is 392 g/mol. The summed E-state index contributed by atoms with van der Waals surface area (Å²) < 4.78 is 35.4. The van der Waals surface area contributed by atoms with E-state index in [4.69, 9.17) is 4.74 Å². The van der Waals surface area contributed by atoms with Crippen LogP contribution in [0.1, 0.15) is 57.1 Å². The van der Waals surface area contributed by atoms with Gasteiger partial charge in [-0.1, -0.05) is 26.7 Å². The maximum absolute atomic E-state index is 12.6. The molecule has 0 aliphatic carbocycles. The van der Waals surface area contributed by atoms with E-state index < -0.39 is 6.61 Å². The molecule has 2 aromatic rings.